The summed E-state index contributed by atoms with van der Waals surface area (Å²) in [6.45, 7) is 5.49. The molecule has 0 fully saturated rings. The van der Waals surface area contributed by atoms with Crippen molar-refractivity contribution in [2.24, 2.45) is 5.92 Å². The van der Waals surface area contributed by atoms with Crippen LogP contribution in [0.3, 0.4) is 0 Å². The van der Waals surface area contributed by atoms with Gasteiger partial charge in [0, 0.05) is 12.0 Å². The van der Waals surface area contributed by atoms with Gasteiger partial charge in [0.2, 0.25) is 12.3 Å². The monoisotopic (exact) mass is 944 g/mol. The Morgan fingerprint density at radius 3 is 1.97 bits per heavy atom. The van der Waals surface area contributed by atoms with Crippen molar-refractivity contribution in [2.75, 3.05) is 13.3 Å². The van der Waals surface area contributed by atoms with E-state index in [4.69, 9.17) is 23.5 Å². The number of carbonyl (C=O) groups excluding carboxylic acids is 7. The van der Waals surface area contributed by atoms with Crippen LogP contribution in [-0.2, 0) is 57.9 Å². The average Bonchev–Trinajstić information content (AvgIpc) is 3.87. The molecule has 0 unspecified atom stereocenters. The van der Waals surface area contributed by atoms with Gasteiger partial charge < -0.3 is 39.4 Å². The van der Waals surface area contributed by atoms with E-state index in [9.17, 15) is 33.6 Å². The predicted molar refractivity (Wildman–Crippen MR) is 255 cm³/mol. The Hall–Kier alpha value is -7.75. The highest BCUT2D eigenvalue weighted by Crippen LogP contribution is 2.30. The van der Waals surface area contributed by atoms with Crippen molar-refractivity contribution >= 4 is 42.0 Å². The minimum Gasteiger partial charge on any atom is -0.493 e. The maximum atomic E-state index is 13.8. The fourth-order valence-electron chi connectivity index (χ4n) is 7.40. The van der Waals surface area contributed by atoms with Gasteiger partial charge in [0.05, 0.1) is 37.2 Å². The summed E-state index contributed by atoms with van der Waals surface area (Å²) in [6.07, 6.45) is 3.23. The molecule has 4 aromatic carbocycles. The summed E-state index contributed by atoms with van der Waals surface area (Å²) in [6, 6.07) is 32.8. The Morgan fingerprint density at radius 2 is 1.35 bits per heavy atom. The molecular formula is C53H60N4O12. The summed E-state index contributed by atoms with van der Waals surface area (Å²) in [5, 5.41) is 8.99. The van der Waals surface area contributed by atoms with Crippen molar-refractivity contribution in [3.63, 3.8) is 0 Å². The van der Waals surface area contributed by atoms with Crippen molar-refractivity contribution in [1.29, 1.82) is 0 Å². The first-order chi connectivity index (χ1) is 33.5. The molecule has 0 radical (unpaired) electrons. The second-order valence-corrected chi connectivity index (χ2v) is 16.0. The SMILES string of the molecule is CCCCC[C@@H](C(=O)NCNC(=O)c1ccc(-c2ccc(C(=O)N[C@@H](CCC(=O)OCc3ccccc3)C(=O)OCc3ccccc3)c(OCC)c2)o1)[C@@H](CC)N(C=O)OC(=O)Cc1ccccc1. The van der Waals surface area contributed by atoms with Gasteiger partial charge in [0.1, 0.15) is 30.8 Å². The number of furan rings is 1. The lowest BCUT2D eigenvalue weighted by molar-refractivity contribution is -0.203. The maximum Gasteiger partial charge on any atom is 0.336 e. The van der Waals surface area contributed by atoms with E-state index in [2.05, 4.69) is 16.0 Å². The summed E-state index contributed by atoms with van der Waals surface area (Å²) in [7, 11) is 0. The normalized spacial score (nSPS) is 12.0. The molecule has 16 nitrogen and oxygen atoms in total. The summed E-state index contributed by atoms with van der Waals surface area (Å²) >= 11 is 0. The zero-order chi connectivity index (χ0) is 49.4. The first kappa shape index (κ1) is 52.2. The number of benzene rings is 4. The number of rotatable bonds is 28. The lowest BCUT2D eigenvalue weighted by Gasteiger charge is -2.31. The smallest absolute Gasteiger partial charge is 0.336 e. The first-order valence-corrected chi connectivity index (χ1v) is 23.2. The fraction of sp³-hybridized carbons (Fsp3) is 0.340. The quantitative estimate of drug-likeness (QED) is 0.0145. The fourth-order valence-corrected chi connectivity index (χ4v) is 7.40. The topological polar surface area (TPSA) is 209 Å². The minimum atomic E-state index is -1.21. The molecule has 1 aromatic heterocycles. The van der Waals surface area contributed by atoms with Gasteiger partial charge in [-0.3, -0.25) is 24.0 Å². The van der Waals surface area contributed by atoms with Gasteiger partial charge in [0.15, 0.2) is 5.76 Å². The van der Waals surface area contributed by atoms with Gasteiger partial charge in [-0.25, -0.2) is 9.59 Å². The third-order valence-corrected chi connectivity index (χ3v) is 11.0. The van der Waals surface area contributed by atoms with Crippen LogP contribution in [0.5, 0.6) is 5.75 Å². The second-order valence-electron chi connectivity index (χ2n) is 16.0. The number of nitrogens with one attached hydrogen (secondary N) is 3. The van der Waals surface area contributed by atoms with Crippen molar-refractivity contribution in [3.8, 4) is 17.1 Å². The van der Waals surface area contributed by atoms with Gasteiger partial charge >= 0.3 is 17.9 Å². The molecule has 16 heteroatoms. The van der Waals surface area contributed by atoms with Crippen LogP contribution < -0.4 is 20.7 Å². The van der Waals surface area contributed by atoms with Crippen molar-refractivity contribution in [2.45, 2.75) is 97.4 Å². The second kappa shape index (κ2) is 27.8. The summed E-state index contributed by atoms with van der Waals surface area (Å²) in [5.41, 5.74) is 2.81. The lowest BCUT2D eigenvalue weighted by Crippen LogP contribution is -2.49. The number of unbranched alkanes of at least 4 members (excludes halogenated alkanes) is 2. The molecule has 5 rings (SSSR count). The van der Waals surface area contributed by atoms with Gasteiger partial charge in [-0.2, -0.15) is 5.06 Å². The highest BCUT2D eigenvalue weighted by Gasteiger charge is 2.34. The van der Waals surface area contributed by atoms with Crippen molar-refractivity contribution in [1.82, 2.24) is 21.0 Å². The van der Waals surface area contributed by atoms with Crippen LogP contribution >= 0.6 is 0 Å². The number of amides is 4. The molecule has 0 aliphatic heterocycles. The molecule has 1 heterocycles. The number of hydroxylamine groups is 2. The van der Waals surface area contributed by atoms with Gasteiger partial charge in [-0.1, -0.05) is 130 Å². The zero-order valence-corrected chi connectivity index (χ0v) is 39.2. The predicted octanol–water partition coefficient (Wildman–Crippen LogP) is 7.65. The molecular weight excluding hydrogens is 885 g/mol. The summed E-state index contributed by atoms with van der Waals surface area (Å²) < 4.78 is 22.7. The van der Waals surface area contributed by atoms with Crippen LogP contribution in [0.4, 0.5) is 0 Å². The molecule has 0 saturated heterocycles. The first-order valence-electron chi connectivity index (χ1n) is 23.2. The van der Waals surface area contributed by atoms with E-state index in [1.165, 1.54) is 12.1 Å². The molecule has 0 bridgehead atoms. The average molecular weight is 945 g/mol. The van der Waals surface area contributed by atoms with Crippen molar-refractivity contribution in [3.05, 3.63) is 149 Å². The van der Waals surface area contributed by atoms with Gasteiger partial charge in [0.25, 0.3) is 11.8 Å². The maximum absolute atomic E-state index is 13.8. The number of hydrogen-bond donors (Lipinski definition) is 3. The highest BCUT2D eigenvalue weighted by molar-refractivity contribution is 6.00. The van der Waals surface area contributed by atoms with Crippen LogP contribution in [0, 0.1) is 5.92 Å². The van der Waals surface area contributed by atoms with E-state index in [-0.39, 0.29) is 68.6 Å². The van der Waals surface area contributed by atoms with Crippen LogP contribution in [-0.4, -0.2) is 72.5 Å². The van der Waals surface area contributed by atoms with E-state index < -0.39 is 53.6 Å². The van der Waals surface area contributed by atoms with E-state index in [0.29, 0.717) is 36.8 Å². The molecule has 0 saturated carbocycles. The number of ether oxygens (including phenoxy) is 3. The van der Waals surface area contributed by atoms with Gasteiger partial charge in [-0.05, 0) is 67.1 Å². The van der Waals surface area contributed by atoms with Gasteiger partial charge in [-0.15, -0.1) is 0 Å². The van der Waals surface area contributed by atoms with E-state index >= 15 is 0 Å². The molecule has 0 spiro atoms. The number of carbonyl (C=O) groups is 7. The molecule has 69 heavy (non-hydrogen) atoms. The molecule has 5 aromatic rings. The zero-order valence-electron chi connectivity index (χ0n) is 39.2. The Bertz CT molecular complexity index is 2440. The number of hydrogen-bond acceptors (Lipinski definition) is 12. The molecule has 4 amide bonds. The van der Waals surface area contributed by atoms with Crippen LogP contribution in [0.15, 0.2) is 126 Å². The number of nitrogens with zero attached hydrogens (tertiary/aromatic N) is 1. The Kier molecular flexibility index (Phi) is 21.0. The molecule has 0 aliphatic carbocycles. The van der Waals surface area contributed by atoms with E-state index in [1.54, 1.807) is 68.4 Å². The minimum absolute atomic E-state index is 0.0441. The third kappa shape index (κ3) is 16.5. The van der Waals surface area contributed by atoms with Crippen molar-refractivity contribution < 1.29 is 57.0 Å². The molecule has 3 atom stereocenters. The van der Waals surface area contributed by atoms with Crippen LogP contribution in [0.1, 0.15) is 103 Å². The van der Waals surface area contributed by atoms with E-state index in [0.717, 1.165) is 29.0 Å². The standard InChI is InChI=1S/C53H60N4O12/c1-4-7-11-24-41(44(5-2)57(36-58)69-49(60)31-37-18-12-8-13-19-37)50(61)54-35-55-52(63)46-29-28-45(68-46)40-25-26-42(47(32-40)65-6-3)51(62)56-43(53(64)67-34-39-22-16-10-17-23-39)27-30-48(59)66-33-38-20-14-9-15-21-38/h8-10,12-23,25-26,28-29,32,36,41,43-44H,4-7,11,24,27,30-31,33-35H2,1-3H3,(H,54,61)(H,55,63)(H,56,62)/t41-,43+,44-/m1/s1. The summed E-state index contributed by atoms with van der Waals surface area (Å²) in [4.78, 5) is 97.3. The third-order valence-electron chi connectivity index (χ3n) is 11.0. The molecule has 0 aliphatic rings. The molecule has 364 valence electrons. The Balaban J connectivity index is 1.21. The van der Waals surface area contributed by atoms with E-state index in [1.807, 2.05) is 61.5 Å². The lowest BCUT2D eigenvalue weighted by atomic mass is 9.90. The summed E-state index contributed by atoms with van der Waals surface area (Å²) in [5.74, 6) is -4.05. The Labute approximate surface area is 402 Å². The van der Waals surface area contributed by atoms with Crippen LogP contribution in [0.25, 0.3) is 11.3 Å². The largest absolute Gasteiger partial charge is 0.493 e. The Morgan fingerprint density at radius 1 is 0.696 bits per heavy atom. The highest BCUT2D eigenvalue weighted by atomic mass is 16.7. The van der Waals surface area contributed by atoms with Crippen LogP contribution in [0.2, 0.25) is 0 Å². The number of esters is 2. The molecule has 3 N–H and O–H groups in total.